The van der Waals surface area contributed by atoms with E-state index in [0.717, 1.165) is 27.4 Å². The van der Waals surface area contributed by atoms with Crippen molar-refractivity contribution in [2.45, 2.75) is 64.4 Å². The molecule has 0 bridgehead atoms. The molecule has 0 aliphatic heterocycles. The van der Waals surface area contributed by atoms with E-state index in [9.17, 15) is 18.0 Å². The molecule has 3 aromatic rings. The molecule has 3 aromatic carbocycles. The zero-order valence-electron chi connectivity index (χ0n) is 23.7. The Bertz CT molecular complexity index is 1410. The van der Waals surface area contributed by atoms with Crippen LogP contribution < -0.4 is 9.62 Å². The first-order valence-corrected chi connectivity index (χ1v) is 15.2. The molecule has 2 amide bonds. The van der Waals surface area contributed by atoms with Crippen LogP contribution in [0.4, 0.5) is 5.69 Å². The van der Waals surface area contributed by atoms with Crippen LogP contribution in [0.2, 0.25) is 5.02 Å². The van der Waals surface area contributed by atoms with Crippen LogP contribution in [-0.4, -0.2) is 50.3 Å². The van der Waals surface area contributed by atoms with Gasteiger partial charge in [-0.1, -0.05) is 72.6 Å². The third kappa shape index (κ3) is 7.86. The minimum Gasteiger partial charge on any atom is -0.352 e. The Morgan fingerprint density at radius 1 is 0.950 bits per heavy atom. The molecule has 7 nitrogen and oxygen atoms in total. The molecule has 214 valence electrons. The first-order chi connectivity index (χ1) is 18.9. The number of carbonyl (C=O) groups excluding carboxylic acids is 2. The number of rotatable bonds is 12. The standard InChI is InChI=1S/C31H38ClN3O4S/c1-6-24(4)33-31(37)25(5)34(19-18-26-10-8-7-9-11-26)30(36)21-35(27-15-14-23(3)29(32)20-27)40(38,39)28-16-12-22(2)13-17-28/h7-17,20,24-25H,6,18-19,21H2,1-5H3,(H,33,37)/t24-,25-/m0/s1. The molecule has 3 rings (SSSR count). The van der Waals surface area contributed by atoms with E-state index in [1.807, 2.05) is 58.0 Å². The number of nitrogens with zero attached hydrogens (tertiary/aromatic N) is 2. The summed E-state index contributed by atoms with van der Waals surface area (Å²) in [6, 6.07) is 20.1. The number of aryl methyl sites for hydroxylation is 2. The van der Waals surface area contributed by atoms with E-state index in [4.69, 9.17) is 11.6 Å². The summed E-state index contributed by atoms with van der Waals surface area (Å²) in [6.45, 7) is 8.97. The molecule has 9 heteroatoms. The molecule has 0 radical (unpaired) electrons. The summed E-state index contributed by atoms with van der Waals surface area (Å²) in [6.07, 6.45) is 1.25. The van der Waals surface area contributed by atoms with Gasteiger partial charge in [0.05, 0.1) is 10.6 Å². The smallest absolute Gasteiger partial charge is 0.264 e. The second-order valence-corrected chi connectivity index (χ2v) is 12.3. The van der Waals surface area contributed by atoms with Gasteiger partial charge < -0.3 is 10.2 Å². The second-order valence-electron chi connectivity index (χ2n) is 10.1. The largest absolute Gasteiger partial charge is 0.352 e. The maximum atomic E-state index is 13.9. The number of hydrogen-bond donors (Lipinski definition) is 1. The van der Waals surface area contributed by atoms with Crippen molar-refractivity contribution in [2.24, 2.45) is 0 Å². The summed E-state index contributed by atoms with van der Waals surface area (Å²) in [7, 11) is -4.14. The van der Waals surface area contributed by atoms with Crippen molar-refractivity contribution in [1.29, 1.82) is 0 Å². The maximum absolute atomic E-state index is 13.9. The van der Waals surface area contributed by atoms with Gasteiger partial charge in [0.25, 0.3) is 10.0 Å². The summed E-state index contributed by atoms with van der Waals surface area (Å²) in [5, 5.41) is 3.33. The summed E-state index contributed by atoms with van der Waals surface area (Å²) in [5.74, 6) is -0.780. The molecule has 0 aliphatic carbocycles. The van der Waals surface area contributed by atoms with Crippen molar-refractivity contribution < 1.29 is 18.0 Å². The van der Waals surface area contributed by atoms with E-state index in [-0.39, 0.29) is 29.1 Å². The van der Waals surface area contributed by atoms with Gasteiger partial charge in [0, 0.05) is 17.6 Å². The lowest BCUT2D eigenvalue weighted by atomic mass is 10.1. The summed E-state index contributed by atoms with van der Waals surface area (Å²) < 4.78 is 28.9. The Kier molecular flexibility index (Phi) is 10.8. The number of nitrogens with one attached hydrogen (secondary N) is 1. The number of benzene rings is 3. The zero-order chi connectivity index (χ0) is 29.4. The average Bonchev–Trinajstić information content (AvgIpc) is 2.93. The van der Waals surface area contributed by atoms with Crippen LogP contribution in [-0.2, 0) is 26.0 Å². The molecule has 0 unspecified atom stereocenters. The minimum absolute atomic E-state index is 0.0565. The fourth-order valence-electron chi connectivity index (χ4n) is 4.14. The highest BCUT2D eigenvalue weighted by molar-refractivity contribution is 7.92. The van der Waals surface area contributed by atoms with Crippen LogP contribution in [0.3, 0.4) is 0 Å². The lowest BCUT2D eigenvalue weighted by Gasteiger charge is -2.32. The van der Waals surface area contributed by atoms with Crippen molar-refractivity contribution in [1.82, 2.24) is 10.2 Å². The Hall–Kier alpha value is -3.36. The molecule has 1 N–H and O–H groups in total. The predicted molar refractivity (Wildman–Crippen MR) is 161 cm³/mol. The van der Waals surface area contributed by atoms with Crippen LogP contribution in [0.5, 0.6) is 0 Å². The van der Waals surface area contributed by atoms with Crippen LogP contribution in [0.15, 0.2) is 77.7 Å². The van der Waals surface area contributed by atoms with E-state index in [0.29, 0.717) is 11.4 Å². The third-order valence-corrected chi connectivity index (χ3v) is 9.18. The van der Waals surface area contributed by atoms with Gasteiger partial charge in [-0.25, -0.2) is 8.42 Å². The van der Waals surface area contributed by atoms with Crippen molar-refractivity contribution in [3.8, 4) is 0 Å². The van der Waals surface area contributed by atoms with Crippen LogP contribution in [0.25, 0.3) is 0 Å². The number of carbonyl (C=O) groups is 2. The first-order valence-electron chi connectivity index (χ1n) is 13.4. The highest BCUT2D eigenvalue weighted by atomic mass is 35.5. The molecular formula is C31H38ClN3O4S. The van der Waals surface area contributed by atoms with Crippen molar-refractivity contribution in [2.75, 3.05) is 17.4 Å². The third-order valence-electron chi connectivity index (χ3n) is 6.98. The minimum atomic E-state index is -4.14. The fourth-order valence-corrected chi connectivity index (χ4v) is 5.72. The molecule has 0 saturated heterocycles. The van der Waals surface area contributed by atoms with Gasteiger partial charge in [-0.05, 0) is 75.9 Å². The van der Waals surface area contributed by atoms with Crippen molar-refractivity contribution >= 4 is 39.1 Å². The number of amides is 2. The zero-order valence-corrected chi connectivity index (χ0v) is 25.3. The lowest BCUT2D eigenvalue weighted by Crippen LogP contribution is -2.53. The summed E-state index contributed by atoms with van der Waals surface area (Å²) in [5.41, 5.74) is 2.96. The van der Waals surface area contributed by atoms with Gasteiger partial charge in [0.15, 0.2) is 0 Å². The molecule has 0 saturated carbocycles. The van der Waals surface area contributed by atoms with Gasteiger partial charge in [-0.15, -0.1) is 0 Å². The Labute approximate surface area is 243 Å². The van der Waals surface area contributed by atoms with E-state index < -0.39 is 28.5 Å². The molecule has 0 spiro atoms. The molecule has 0 aromatic heterocycles. The van der Waals surface area contributed by atoms with Gasteiger partial charge in [-0.2, -0.15) is 0 Å². The monoisotopic (exact) mass is 583 g/mol. The first kappa shape index (κ1) is 31.2. The highest BCUT2D eigenvalue weighted by Crippen LogP contribution is 2.28. The molecule has 0 heterocycles. The van der Waals surface area contributed by atoms with Gasteiger partial charge in [0.1, 0.15) is 12.6 Å². The number of hydrogen-bond acceptors (Lipinski definition) is 4. The van der Waals surface area contributed by atoms with Crippen LogP contribution in [0, 0.1) is 13.8 Å². The Balaban J connectivity index is 2.00. The molecular weight excluding hydrogens is 546 g/mol. The Morgan fingerprint density at radius 2 is 1.60 bits per heavy atom. The average molecular weight is 584 g/mol. The maximum Gasteiger partial charge on any atom is 0.264 e. The summed E-state index contributed by atoms with van der Waals surface area (Å²) >= 11 is 6.38. The number of halogens is 1. The van der Waals surface area contributed by atoms with E-state index in [1.54, 1.807) is 37.3 Å². The SMILES string of the molecule is CC[C@H](C)NC(=O)[C@H](C)N(CCc1ccccc1)C(=O)CN(c1ccc(C)c(Cl)c1)S(=O)(=O)c1ccc(C)cc1. The number of anilines is 1. The topological polar surface area (TPSA) is 86.8 Å². The number of sulfonamides is 1. The summed E-state index contributed by atoms with van der Waals surface area (Å²) in [4.78, 5) is 28.6. The molecule has 40 heavy (non-hydrogen) atoms. The Morgan fingerprint density at radius 3 is 2.20 bits per heavy atom. The highest BCUT2D eigenvalue weighted by Gasteiger charge is 2.32. The fraction of sp³-hybridized carbons (Fsp3) is 0.355. The molecule has 0 aliphatic rings. The van der Waals surface area contributed by atoms with Gasteiger partial charge in [0.2, 0.25) is 11.8 Å². The van der Waals surface area contributed by atoms with Crippen molar-refractivity contribution in [3.05, 3.63) is 94.5 Å². The van der Waals surface area contributed by atoms with E-state index in [1.165, 1.54) is 17.0 Å². The second kappa shape index (κ2) is 13.8. The van der Waals surface area contributed by atoms with Crippen LogP contribution >= 0.6 is 11.6 Å². The van der Waals surface area contributed by atoms with Crippen LogP contribution in [0.1, 0.15) is 43.9 Å². The molecule has 0 fully saturated rings. The van der Waals surface area contributed by atoms with E-state index in [2.05, 4.69) is 5.32 Å². The van der Waals surface area contributed by atoms with E-state index >= 15 is 0 Å². The van der Waals surface area contributed by atoms with Gasteiger partial charge in [-0.3, -0.25) is 13.9 Å². The molecule has 2 atom stereocenters. The predicted octanol–water partition coefficient (Wildman–Crippen LogP) is 5.53. The lowest BCUT2D eigenvalue weighted by molar-refractivity contribution is -0.139. The van der Waals surface area contributed by atoms with Gasteiger partial charge >= 0.3 is 0 Å². The van der Waals surface area contributed by atoms with Crippen molar-refractivity contribution in [3.63, 3.8) is 0 Å². The normalized spacial score (nSPS) is 12.8. The quantitative estimate of drug-likeness (QED) is 0.304.